The molecule has 1 heterocycles. The molecule has 0 radical (unpaired) electrons. The summed E-state index contributed by atoms with van der Waals surface area (Å²) in [5, 5.41) is 0. The van der Waals surface area contributed by atoms with E-state index in [9.17, 15) is 0 Å². The largest absolute Gasteiger partial charge is 0.382 e. The van der Waals surface area contributed by atoms with Crippen LogP contribution in [0.1, 0.15) is 10.6 Å². The number of rotatable bonds is 18. The van der Waals surface area contributed by atoms with E-state index in [1.54, 1.807) is 25.6 Å². The Hall–Kier alpha value is -0.610. The van der Waals surface area contributed by atoms with Gasteiger partial charge in [0.15, 0.2) is 12.2 Å². The second-order valence-corrected chi connectivity index (χ2v) is 6.55. The van der Waals surface area contributed by atoms with Crippen molar-refractivity contribution in [3.05, 3.63) is 16.1 Å². The lowest BCUT2D eigenvalue weighted by Gasteiger charge is -2.05. The molecule has 0 N–H and O–H groups in total. The van der Waals surface area contributed by atoms with Crippen LogP contribution < -0.4 is 4.57 Å². The predicted molar refractivity (Wildman–Crippen MR) is 100.0 cm³/mol. The first-order valence-corrected chi connectivity index (χ1v) is 9.92. The van der Waals surface area contributed by atoms with Gasteiger partial charge in [0, 0.05) is 27.6 Å². The molecule has 0 saturated heterocycles. The van der Waals surface area contributed by atoms with E-state index in [1.165, 1.54) is 10.6 Å². The van der Waals surface area contributed by atoms with Gasteiger partial charge in [-0.15, -0.1) is 0 Å². The third-order valence-electron chi connectivity index (χ3n) is 3.71. The maximum absolute atomic E-state index is 5.62. The summed E-state index contributed by atoms with van der Waals surface area (Å²) in [5.41, 5.74) is 3.44. The lowest BCUT2D eigenvalue weighted by atomic mass is 10.3. The van der Waals surface area contributed by atoms with Crippen molar-refractivity contribution in [1.29, 1.82) is 0 Å². The quantitative estimate of drug-likeness (QED) is 0.277. The minimum atomic E-state index is 0.606. The summed E-state index contributed by atoms with van der Waals surface area (Å²) in [4.78, 5) is 1.35. The smallest absolute Gasteiger partial charge is 0.225 e. The molecule has 0 fully saturated rings. The molecule has 0 aliphatic heterocycles. The number of hydrogen-bond donors (Lipinski definition) is 0. The topological polar surface area (TPSA) is 59.3 Å². The molecule has 1 rings (SSSR count). The Balaban J connectivity index is 2.05. The average molecular weight is 393 g/mol. The standard InChI is InChI=1S/C18H34NO6S/c1-17-18(4-6-22-12-14-24-10-8-20-2)26-16-19(17)5-7-23-13-15-25-11-9-21-3/h16H,4-15H2,1-3H3/q+1. The SMILES string of the molecule is COCCOCCOCCc1sc[n+](CCOCCOCCOC)c1C. The molecule has 0 atom stereocenters. The lowest BCUT2D eigenvalue weighted by Crippen LogP contribution is -2.37. The molecule has 1 aromatic heterocycles. The van der Waals surface area contributed by atoms with E-state index in [2.05, 4.69) is 17.0 Å². The molecule has 1 aromatic rings. The van der Waals surface area contributed by atoms with Crippen LogP contribution in [0.5, 0.6) is 0 Å². The summed E-state index contributed by atoms with van der Waals surface area (Å²) in [7, 11) is 3.33. The van der Waals surface area contributed by atoms with E-state index < -0.39 is 0 Å². The Kier molecular flexibility index (Phi) is 14.9. The summed E-state index contributed by atoms with van der Waals surface area (Å²) in [6.07, 6.45) is 0.926. The van der Waals surface area contributed by atoms with Gasteiger partial charge in [-0.25, -0.2) is 0 Å². The Morgan fingerprint density at radius 3 is 1.81 bits per heavy atom. The predicted octanol–water partition coefficient (Wildman–Crippen LogP) is 1.25. The highest BCUT2D eigenvalue weighted by Crippen LogP contribution is 2.11. The fourth-order valence-corrected chi connectivity index (χ4v) is 3.18. The van der Waals surface area contributed by atoms with Gasteiger partial charge in [-0.1, -0.05) is 11.3 Å². The van der Waals surface area contributed by atoms with Crippen LogP contribution in [0.15, 0.2) is 5.51 Å². The molecular weight excluding hydrogens is 358 g/mol. The van der Waals surface area contributed by atoms with Gasteiger partial charge in [-0.3, -0.25) is 0 Å². The van der Waals surface area contributed by atoms with Crippen molar-refractivity contribution in [3.63, 3.8) is 0 Å². The summed E-state index contributed by atoms with van der Waals surface area (Å²) in [5.74, 6) is 0. The number of aromatic nitrogens is 1. The maximum atomic E-state index is 5.62. The van der Waals surface area contributed by atoms with Crippen molar-refractivity contribution < 1.29 is 33.0 Å². The van der Waals surface area contributed by atoms with Gasteiger partial charge in [0.05, 0.1) is 64.3 Å². The molecule has 0 aromatic carbocycles. The Bertz CT molecular complexity index is 406. The average Bonchev–Trinajstić information content (AvgIpc) is 2.99. The van der Waals surface area contributed by atoms with Crippen LogP contribution in [0.25, 0.3) is 0 Å². The zero-order valence-corrected chi connectivity index (χ0v) is 17.2. The molecular formula is C18H34NO6S+. The lowest BCUT2D eigenvalue weighted by molar-refractivity contribution is -0.699. The molecule has 26 heavy (non-hydrogen) atoms. The first kappa shape index (κ1) is 23.4. The van der Waals surface area contributed by atoms with E-state index in [4.69, 9.17) is 28.4 Å². The number of hydrogen-bond acceptors (Lipinski definition) is 7. The van der Waals surface area contributed by atoms with Crippen LogP contribution in [0, 0.1) is 6.92 Å². The fourth-order valence-electron chi connectivity index (χ4n) is 2.17. The minimum Gasteiger partial charge on any atom is -0.382 e. The highest BCUT2D eigenvalue weighted by Gasteiger charge is 2.14. The van der Waals surface area contributed by atoms with Crippen molar-refractivity contribution in [2.24, 2.45) is 0 Å². The van der Waals surface area contributed by atoms with Crippen molar-refractivity contribution in [3.8, 4) is 0 Å². The summed E-state index contributed by atoms with van der Waals surface area (Å²) in [6.45, 7) is 9.32. The molecule has 0 amide bonds. The van der Waals surface area contributed by atoms with E-state index in [0.717, 1.165) is 13.0 Å². The highest BCUT2D eigenvalue weighted by atomic mass is 32.1. The zero-order valence-electron chi connectivity index (χ0n) is 16.4. The van der Waals surface area contributed by atoms with Crippen LogP contribution in [0.2, 0.25) is 0 Å². The Morgan fingerprint density at radius 1 is 0.731 bits per heavy atom. The van der Waals surface area contributed by atoms with Crippen molar-refractivity contribution in [2.45, 2.75) is 19.9 Å². The van der Waals surface area contributed by atoms with Crippen molar-refractivity contribution in [1.82, 2.24) is 0 Å². The van der Waals surface area contributed by atoms with Gasteiger partial charge in [0.1, 0.15) is 6.61 Å². The third kappa shape index (κ3) is 11.2. The number of nitrogens with zero attached hydrogens (tertiary/aromatic N) is 1. The van der Waals surface area contributed by atoms with E-state index in [1.807, 2.05) is 0 Å². The first-order chi connectivity index (χ1) is 12.8. The molecule has 0 saturated carbocycles. The molecule has 7 nitrogen and oxygen atoms in total. The zero-order chi connectivity index (χ0) is 18.9. The van der Waals surface area contributed by atoms with E-state index in [-0.39, 0.29) is 0 Å². The van der Waals surface area contributed by atoms with E-state index >= 15 is 0 Å². The summed E-state index contributed by atoms with van der Waals surface area (Å²) < 4.78 is 34.0. The van der Waals surface area contributed by atoms with Crippen LogP contribution in [0.3, 0.4) is 0 Å². The monoisotopic (exact) mass is 392 g/mol. The van der Waals surface area contributed by atoms with Gasteiger partial charge in [0.2, 0.25) is 5.51 Å². The van der Waals surface area contributed by atoms with Crippen LogP contribution >= 0.6 is 11.3 Å². The normalized spacial score (nSPS) is 11.3. The molecule has 0 spiro atoms. The van der Waals surface area contributed by atoms with Crippen LogP contribution in [0.4, 0.5) is 0 Å². The second-order valence-electron chi connectivity index (χ2n) is 5.61. The van der Waals surface area contributed by atoms with Crippen molar-refractivity contribution in [2.75, 3.05) is 80.3 Å². The molecule has 152 valence electrons. The third-order valence-corrected chi connectivity index (χ3v) is 4.86. The Morgan fingerprint density at radius 2 is 1.23 bits per heavy atom. The number of methoxy groups -OCH3 is 2. The number of ether oxygens (including phenoxy) is 6. The van der Waals surface area contributed by atoms with Crippen molar-refractivity contribution >= 4 is 11.3 Å². The molecule has 8 heteroatoms. The van der Waals surface area contributed by atoms with Gasteiger partial charge < -0.3 is 28.4 Å². The molecule has 0 aliphatic rings. The van der Waals surface area contributed by atoms with Gasteiger partial charge in [-0.05, 0) is 0 Å². The van der Waals surface area contributed by atoms with Crippen LogP contribution in [-0.2, 0) is 41.4 Å². The molecule has 0 unspecified atom stereocenters. The highest BCUT2D eigenvalue weighted by molar-refractivity contribution is 7.09. The van der Waals surface area contributed by atoms with Gasteiger partial charge in [0.25, 0.3) is 0 Å². The summed E-state index contributed by atoms with van der Waals surface area (Å²) >= 11 is 1.77. The minimum absolute atomic E-state index is 0.606. The molecule has 0 bridgehead atoms. The van der Waals surface area contributed by atoms with Crippen LogP contribution in [-0.4, -0.2) is 80.3 Å². The fraction of sp³-hybridized carbons (Fsp3) is 0.833. The number of thiazole rings is 1. The summed E-state index contributed by atoms with van der Waals surface area (Å²) in [6, 6.07) is 0. The first-order valence-electron chi connectivity index (χ1n) is 9.04. The second kappa shape index (κ2) is 16.6. The molecule has 0 aliphatic carbocycles. The van der Waals surface area contributed by atoms with E-state index in [0.29, 0.717) is 66.1 Å². The Labute approximate surface area is 161 Å². The van der Waals surface area contributed by atoms with Gasteiger partial charge in [-0.2, -0.15) is 4.57 Å². The van der Waals surface area contributed by atoms with Gasteiger partial charge >= 0.3 is 0 Å². The maximum Gasteiger partial charge on any atom is 0.225 e.